The number of halogens is 2. The largest absolute Gasteiger partial charge is 0.352 e. The Hall–Kier alpha value is -4.21. The lowest BCUT2D eigenvalue weighted by molar-refractivity contribution is -0.140. The fraction of sp³-hybridized carbons (Fsp3) is 0.257. The molecule has 0 fully saturated rings. The first-order valence-electron chi connectivity index (χ1n) is 14.7. The molecule has 0 saturated heterocycles. The van der Waals surface area contributed by atoms with Crippen molar-refractivity contribution < 1.29 is 22.4 Å². The van der Waals surface area contributed by atoms with E-state index in [9.17, 15) is 22.4 Å². The van der Waals surface area contributed by atoms with Gasteiger partial charge in [0.05, 0.1) is 15.6 Å². The average molecular weight is 650 g/mol. The number of hydrogen-bond acceptors (Lipinski definition) is 4. The number of rotatable bonds is 13. The van der Waals surface area contributed by atoms with Gasteiger partial charge < -0.3 is 10.2 Å². The lowest BCUT2D eigenvalue weighted by Gasteiger charge is -2.34. The smallest absolute Gasteiger partial charge is 0.264 e. The number of benzene rings is 4. The molecule has 7 nitrogen and oxygen atoms in total. The maximum atomic E-state index is 14.5. The van der Waals surface area contributed by atoms with Crippen LogP contribution in [0.3, 0.4) is 0 Å². The SMILES string of the molecule is CC[C@@H](C)NC(=O)[C@H](Cc1ccccc1)N(Cc1ccc(F)cc1)C(=O)CN(c1ccccc1Cl)S(=O)(=O)c1ccc(C)cc1. The van der Waals surface area contributed by atoms with Gasteiger partial charge in [-0.25, -0.2) is 12.8 Å². The number of nitrogens with zero attached hydrogens (tertiary/aromatic N) is 2. The van der Waals surface area contributed by atoms with E-state index in [-0.39, 0.29) is 40.5 Å². The van der Waals surface area contributed by atoms with Crippen molar-refractivity contribution in [2.75, 3.05) is 10.8 Å². The molecule has 0 aliphatic carbocycles. The topological polar surface area (TPSA) is 86.8 Å². The van der Waals surface area contributed by atoms with Gasteiger partial charge in [0.15, 0.2) is 0 Å². The third kappa shape index (κ3) is 8.71. The van der Waals surface area contributed by atoms with Gasteiger partial charge in [-0.15, -0.1) is 0 Å². The third-order valence-electron chi connectivity index (χ3n) is 7.55. The number of anilines is 1. The molecule has 0 aliphatic heterocycles. The normalized spacial score (nSPS) is 12.6. The Balaban J connectivity index is 1.81. The van der Waals surface area contributed by atoms with Gasteiger partial charge >= 0.3 is 0 Å². The highest BCUT2D eigenvalue weighted by atomic mass is 35.5. The molecular formula is C35H37ClFN3O4S. The zero-order chi connectivity index (χ0) is 32.6. The van der Waals surface area contributed by atoms with E-state index < -0.39 is 34.3 Å². The molecule has 0 unspecified atom stereocenters. The number of aryl methyl sites for hydroxylation is 1. The predicted molar refractivity (Wildman–Crippen MR) is 176 cm³/mol. The van der Waals surface area contributed by atoms with Crippen LogP contribution in [0, 0.1) is 12.7 Å². The zero-order valence-electron chi connectivity index (χ0n) is 25.5. The van der Waals surface area contributed by atoms with E-state index in [1.54, 1.807) is 30.3 Å². The molecule has 0 heterocycles. The summed E-state index contributed by atoms with van der Waals surface area (Å²) in [6.45, 7) is 4.96. The molecule has 0 aromatic heterocycles. The minimum atomic E-state index is -4.28. The molecule has 236 valence electrons. The molecular weight excluding hydrogens is 613 g/mol. The minimum Gasteiger partial charge on any atom is -0.352 e. The summed E-state index contributed by atoms with van der Waals surface area (Å²) in [7, 11) is -4.28. The van der Waals surface area contributed by atoms with Crippen LogP contribution in [0.15, 0.2) is 108 Å². The number of carbonyl (C=O) groups is 2. The average Bonchev–Trinajstić information content (AvgIpc) is 3.03. The van der Waals surface area contributed by atoms with Gasteiger partial charge in [0.25, 0.3) is 10.0 Å². The molecule has 2 atom stereocenters. The number of amides is 2. The number of sulfonamides is 1. The highest BCUT2D eigenvalue weighted by Crippen LogP contribution is 2.31. The van der Waals surface area contributed by atoms with Crippen molar-refractivity contribution in [2.45, 2.75) is 57.1 Å². The first kappa shape index (κ1) is 33.7. The van der Waals surface area contributed by atoms with Gasteiger partial charge in [0.1, 0.15) is 18.4 Å². The molecule has 45 heavy (non-hydrogen) atoms. The number of carbonyl (C=O) groups excluding carboxylic acids is 2. The first-order chi connectivity index (χ1) is 21.5. The minimum absolute atomic E-state index is 0.0127. The molecule has 0 aliphatic rings. The lowest BCUT2D eigenvalue weighted by atomic mass is 10.0. The summed E-state index contributed by atoms with van der Waals surface area (Å²) in [5, 5.41) is 3.13. The van der Waals surface area contributed by atoms with Crippen molar-refractivity contribution >= 4 is 39.1 Å². The van der Waals surface area contributed by atoms with Gasteiger partial charge in [-0.05, 0) is 67.8 Å². The van der Waals surface area contributed by atoms with Gasteiger partial charge in [0.2, 0.25) is 11.8 Å². The van der Waals surface area contributed by atoms with Crippen LogP contribution >= 0.6 is 11.6 Å². The van der Waals surface area contributed by atoms with E-state index in [0.717, 1.165) is 15.4 Å². The van der Waals surface area contributed by atoms with Crippen LogP contribution in [-0.2, 0) is 32.6 Å². The zero-order valence-corrected chi connectivity index (χ0v) is 27.1. The van der Waals surface area contributed by atoms with Crippen LogP contribution in [-0.4, -0.2) is 43.8 Å². The maximum Gasteiger partial charge on any atom is 0.264 e. The molecule has 0 spiro atoms. The first-order valence-corrected chi connectivity index (χ1v) is 16.5. The lowest BCUT2D eigenvalue weighted by Crippen LogP contribution is -2.54. The van der Waals surface area contributed by atoms with Crippen LogP contribution in [0.2, 0.25) is 5.02 Å². The standard InChI is InChI=1S/C35H37ClFN3O4S/c1-4-26(3)38-35(42)33(22-27-10-6-5-7-11-27)39(23-28-16-18-29(37)19-17-28)34(41)24-40(32-13-9-8-12-31(32)36)45(43,44)30-20-14-25(2)15-21-30/h5-21,26,33H,4,22-24H2,1-3H3,(H,38,42)/t26-,33+/m1/s1. The fourth-order valence-corrected chi connectivity index (χ4v) is 6.51. The summed E-state index contributed by atoms with van der Waals surface area (Å²) in [5.74, 6) is -1.45. The summed E-state index contributed by atoms with van der Waals surface area (Å²) in [4.78, 5) is 29.7. The van der Waals surface area contributed by atoms with E-state index in [1.165, 1.54) is 47.4 Å². The molecule has 0 saturated carbocycles. The van der Waals surface area contributed by atoms with Crippen molar-refractivity contribution in [3.8, 4) is 0 Å². The Morgan fingerprint density at radius 2 is 1.49 bits per heavy atom. The Labute approximate surface area is 269 Å². The van der Waals surface area contributed by atoms with Crippen LogP contribution in [0.5, 0.6) is 0 Å². The van der Waals surface area contributed by atoms with Crippen LogP contribution in [0.4, 0.5) is 10.1 Å². The van der Waals surface area contributed by atoms with Crippen LogP contribution in [0.25, 0.3) is 0 Å². The Morgan fingerprint density at radius 3 is 2.11 bits per heavy atom. The van der Waals surface area contributed by atoms with Gasteiger partial charge in [-0.1, -0.05) is 90.8 Å². The van der Waals surface area contributed by atoms with Gasteiger partial charge in [0, 0.05) is 19.0 Å². The molecule has 4 aromatic rings. The second-order valence-corrected chi connectivity index (χ2v) is 13.2. The van der Waals surface area contributed by atoms with Crippen molar-refractivity contribution in [3.05, 3.63) is 131 Å². The van der Waals surface area contributed by atoms with Crippen LogP contribution in [0.1, 0.15) is 37.0 Å². The second kappa shape index (κ2) is 15.2. The second-order valence-electron chi connectivity index (χ2n) is 10.9. The van der Waals surface area contributed by atoms with Crippen LogP contribution < -0.4 is 9.62 Å². The van der Waals surface area contributed by atoms with Crippen molar-refractivity contribution in [1.82, 2.24) is 10.2 Å². The van der Waals surface area contributed by atoms with E-state index in [4.69, 9.17) is 11.6 Å². The summed E-state index contributed by atoms with van der Waals surface area (Å²) in [5.41, 5.74) is 2.38. The Kier molecular flexibility index (Phi) is 11.4. The molecule has 0 radical (unpaired) electrons. The summed E-state index contributed by atoms with van der Waals surface area (Å²) < 4.78 is 43.0. The Bertz CT molecular complexity index is 1700. The highest BCUT2D eigenvalue weighted by Gasteiger charge is 2.35. The van der Waals surface area contributed by atoms with Crippen molar-refractivity contribution in [2.24, 2.45) is 0 Å². The molecule has 4 rings (SSSR count). The summed E-state index contributed by atoms with van der Waals surface area (Å²) >= 11 is 6.51. The molecule has 0 bridgehead atoms. The molecule has 2 amide bonds. The molecule has 10 heteroatoms. The highest BCUT2D eigenvalue weighted by molar-refractivity contribution is 7.92. The van der Waals surface area contributed by atoms with Crippen molar-refractivity contribution in [3.63, 3.8) is 0 Å². The number of nitrogens with one attached hydrogen (secondary N) is 1. The quantitative estimate of drug-likeness (QED) is 0.178. The fourth-order valence-electron chi connectivity index (χ4n) is 4.79. The van der Waals surface area contributed by atoms with E-state index >= 15 is 0 Å². The van der Waals surface area contributed by atoms with Crippen molar-refractivity contribution in [1.29, 1.82) is 0 Å². The van der Waals surface area contributed by atoms with Gasteiger partial charge in [-0.3, -0.25) is 13.9 Å². The Morgan fingerprint density at radius 1 is 0.867 bits per heavy atom. The van der Waals surface area contributed by atoms with E-state index in [1.807, 2.05) is 51.1 Å². The number of hydrogen-bond donors (Lipinski definition) is 1. The predicted octanol–water partition coefficient (Wildman–Crippen LogP) is 6.54. The van der Waals surface area contributed by atoms with E-state index in [0.29, 0.717) is 12.0 Å². The molecule has 1 N–H and O–H groups in total. The maximum absolute atomic E-state index is 14.5. The number of para-hydroxylation sites is 1. The summed E-state index contributed by atoms with van der Waals surface area (Å²) in [6.07, 6.45) is 0.845. The van der Waals surface area contributed by atoms with E-state index in [2.05, 4.69) is 5.32 Å². The third-order valence-corrected chi connectivity index (χ3v) is 9.64. The summed E-state index contributed by atoms with van der Waals surface area (Å²) in [6, 6.07) is 26.4. The molecule has 4 aromatic carbocycles. The van der Waals surface area contributed by atoms with Gasteiger partial charge in [-0.2, -0.15) is 0 Å². The monoisotopic (exact) mass is 649 g/mol.